The van der Waals surface area contributed by atoms with E-state index in [2.05, 4.69) is 21.2 Å². The summed E-state index contributed by atoms with van der Waals surface area (Å²) in [7, 11) is 0. The first kappa shape index (κ1) is 16.0. The van der Waals surface area contributed by atoms with Gasteiger partial charge in [-0.3, -0.25) is 14.5 Å². The third-order valence-corrected chi connectivity index (χ3v) is 4.13. The van der Waals surface area contributed by atoms with Gasteiger partial charge in [0.15, 0.2) is 0 Å². The van der Waals surface area contributed by atoms with Crippen LogP contribution in [0.3, 0.4) is 0 Å². The van der Waals surface area contributed by atoms with Crippen LogP contribution in [0.2, 0.25) is 0 Å². The zero-order valence-electron chi connectivity index (χ0n) is 13.0. The van der Waals surface area contributed by atoms with Crippen LogP contribution in [-0.4, -0.2) is 23.4 Å². The molecule has 1 heterocycles. The highest BCUT2D eigenvalue weighted by atomic mass is 79.9. The summed E-state index contributed by atoms with van der Waals surface area (Å²) >= 11 is 3.46. The number of nitrogens with zero attached hydrogens (tertiary/aromatic N) is 1. The maximum Gasteiger partial charge on any atom is 0.252 e. The number of hydrogen-bond acceptors (Lipinski definition) is 2. The first-order valence-electron chi connectivity index (χ1n) is 7.06. The smallest absolute Gasteiger partial charge is 0.252 e. The van der Waals surface area contributed by atoms with E-state index in [1.165, 1.54) is 0 Å². The van der Waals surface area contributed by atoms with Gasteiger partial charge in [-0.15, -0.1) is 0 Å². The van der Waals surface area contributed by atoms with Crippen LogP contribution in [-0.2, 0) is 9.59 Å². The van der Waals surface area contributed by atoms with Crippen molar-refractivity contribution in [3.63, 3.8) is 0 Å². The molecule has 0 aliphatic carbocycles. The van der Waals surface area contributed by atoms with Crippen LogP contribution in [0.5, 0.6) is 0 Å². The Labute approximate surface area is 134 Å². The fourth-order valence-electron chi connectivity index (χ4n) is 2.71. The number of halogens is 1. The Morgan fingerprint density at radius 1 is 1.24 bits per heavy atom. The minimum atomic E-state index is -0.890. The van der Waals surface area contributed by atoms with Crippen LogP contribution in [0.15, 0.2) is 22.7 Å². The van der Waals surface area contributed by atoms with Gasteiger partial charge < -0.3 is 5.32 Å². The lowest BCUT2D eigenvalue weighted by molar-refractivity contribution is -0.138. The second-order valence-electron chi connectivity index (χ2n) is 6.47. The maximum atomic E-state index is 12.8. The number of aryl methyl sites for hydroxylation is 1. The molecule has 5 heteroatoms. The number of benzene rings is 1. The zero-order chi connectivity index (χ0) is 15.9. The largest absolute Gasteiger partial charge is 0.340 e. The summed E-state index contributed by atoms with van der Waals surface area (Å²) in [6.45, 7) is 9.35. The molecule has 21 heavy (non-hydrogen) atoms. The van der Waals surface area contributed by atoms with Crippen LogP contribution < -0.4 is 10.2 Å². The second kappa shape index (κ2) is 5.44. The van der Waals surface area contributed by atoms with Gasteiger partial charge in [-0.05, 0) is 50.5 Å². The number of piperazine rings is 1. The van der Waals surface area contributed by atoms with Crippen LogP contribution >= 0.6 is 15.9 Å². The molecule has 1 aromatic carbocycles. The molecule has 4 nitrogen and oxygen atoms in total. The molecule has 1 unspecified atom stereocenters. The molecule has 0 bridgehead atoms. The lowest BCUT2D eigenvalue weighted by atomic mass is 9.91. The third kappa shape index (κ3) is 2.98. The predicted molar refractivity (Wildman–Crippen MR) is 87.2 cm³/mol. The monoisotopic (exact) mass is 352 g/mol. The summed E-state index contributed by atoms with van der Waals surface area (Å²) in [6.07, 6.45) is 0. The van der Waals surface area contributed by atoms with Crippen molar-refractivity contribution in [2.75, 3.05) is 4.90 Å². The predicted octanol–water partition coefficient (Wildman–Crippen LogP) is 3.02. The SMILES string of the molecule is Cc1cc(Br)cc(N2C(=O)C(C)(C)NC(=O)C2C(C)C)c1. The fraction of sp³-hybridized carbons (Fsp3) is 0.500. The van der Waals surface area contributed by atoms with Crippen molar-refractivity contribution in [3.8, 4) is 0 Å². The van der Waals surface area contributed by atoms with Crippen molar-refractivity contribution in [2.45, 2.75) is 46.2 Å². The van der Waals surface area contributed by atoms with Crippen molar-refractivity contribution in [3.05, 3.63) is 28.2 Å². The quantitative estimate of drug-likeness (QED) is 0.889. The first-order chi connectivity index (χ1) is 9.63. The number of amides is 2. The van der Waals surface area contributed by atoms with E-state index in [0.29, 0.717) is 0 Å². The van der Waals surface area contributed by atoms with E-state index in [4.69, 9.17) is 0 Å². The van der Waals surface area contributed by atoms with Gasteiger partial charge in [0.05, 0.1) is 0 Å². The Hall–Kier alpha value is -1.36. The molecule has 1 aliphatic rings. The topological polar surface area (TPSA) is 49.4 Å². The van der Waals surface area contributed by atoms with Crippen LogP contribution in [0, 0.1) is 12.8 Å². The summed E-state index contributed by atoms with van der Waals surface area (Å²) < 4.78 is 0.900. The van der Waals surface area contributed by atoms with Crippen LogP contribution in [0.25, 0.3) is 0 Å². The van der Waals surface area contributed by atoms with Gasteiger partial charge >= 0.3 is 0 Å². The van der Waals surface area contributed by atoms with Crippen molar-refractivity contribution in [1.82, 2.24) is 5.32 Å². The van der Waals surface area contributed by atoms with Gasteiger partial charge in [-0.2, -0.15) is 0 Å². The number of rotatable bonds is 2. The first-order valence-corrected chi connectivity index (χ1v) is 7.85. The summed E-state index contributed by atoms with van der Waals surface area (Å²) in [5.41, 5.74) is 0.908. The molecule has 1 aromatic rings. The molecule has 1 N–H and O–H groups in total. The van der Waals surface area contributed by atoms with E-state index in [-0.39, 0.29) is 17.7 Å². The van der Waals surface area contributed by atoms with Gasteiger partial charge in [0.1, 0.15) is 11.6 Å². The molecule has 0 aromatic heterocycles. The number of carbonyl (C=O) groups excluding carboxylic acids is 2. The van der Waals surface area contributed by atoms with Gasteiger partial charge in [-0.25, -0.2) is 0 Å². The van der Waals surface area contributed by atoms with Crippen molar-refractivity contribution < 1.29 is 9.59 Å². The summed E-state index contributed by atoms with van der Waals surface area (Å²) in [5.74, 6) is -0.158. The summed E-state index contributed by atoms with van der Waals surface area (Å²) in [6, 6.07) is 5.31. The summed E-state index contributed by atoms with van der Waals surface area (Å²) in [4.78, 5) is 26.9. The fourth-order valence-corrected chi connectivity index (χ4v) is 3.31. The Morgan fingerprint density at radius 3 is 2.38 bits per heavy atom. The van der Waals surface area contributed by atoms with Gasteiger partial charge in [0.2, 0.25) is 5.91 Å². The number of hydrogen-bond donors (Lipinski definition) is 1. The van der Waals surface area contributed by atoms with Crippen LogP contribution in [0.4, 0.5) is 5.69 Å². The van der Waals surface area contributed by atoms with Crippen molar-refractivity contribution >= 4 is 33.4 Å². The van der Waals surface area contributed by atoms with E-state index in [1.54, 1.807) is 18.7 Å². The van der Waals surface area contributed by atoms with E-state index < -0.39 is 11.6 Å². The highest BCUT2D eigenvalue weighted by Gasteiger charge is 2.47. The normalized spacial score (nSPS) is 21.7. The minimum absolute atomic E-state index is 0.0318. The van der Waals surface area contributed by atoms with E-state index >= 15 is 0 Å². The second-order valence-corrected chi connectivity index (χ2v) is 7.38. The molecule has 2 amide bonds. The molecule has 1 aliphatic heterocycles. The lowest BCUT2D eigenvalue weighted by Crippen LogP contribution is -2.69. The van der Waals surface area contributed by atoms with Crippen LogP contribution in [0.1, 0.15) is 33.3 Å². The average Bonchev–Trinajstić information content (AvgIpc) is 2.30. The van der Waals surface area contributed by atoms with E-state index in [1.807, 2.05) is 39.0 Å². The lowest BCUT2D eigenvalue weighted by Gasteiger charge is -2.44. The molecule has 2 rings (SSSR count). The third-order valence-electron chi connectivity index (χ3n) is 3.67. The van der Waals surface area contributed by atoms with Crippen molar-refractivity contribution in [1.29, 1.82) is 0 Å². The van der Waals surface area contributed by atoms with Gasteiger partial charge in [0, 0.05) is 10.2 Å². The average molecular weight is 353 g/mol. The highest BCUT2D eigenvalue weighted by Crippen LogP contribution is 2.31. The highest BCUT2D eigenvalue weighted by molar-refractivity contribution is 9.10. The molecule has 114 valence electrons. The zero-order valence-corrected chi connectivity index (χ0v) is 14.6. The molecule has 1 saturated heterocycles. The minimum Gasteiger partial charge on any atom is -0.340 e. The van der Waals surface area contributed by atoms with E-state index in [9.17, 15) is 9.59 Å². The van der Waals surface area contributed by atoms with Crippen molar-refractivity contribution in [2.24, 2.45) is 5.92 Å². The molecular weight excluding hydrogens is 332 g/mol. The number of anilines is 1. The molecular formula is C16H21BrN2O2. The van der Waals surface area contributed by atoms with Gasteiger partial charge in [-0.1, -0.05) is 29.8 Å². The number of carbonyl (C=O) groups is 2. The molecule has 1 atom stereocenters. The van der Waals surface area contributed by atoms with E-state index in [0.717, 1.165) is 15.7 Å². The Morgan fingerprint density at radius 2 is 1.86 bits per heavy atom. The molecule has 1 fully saturated rings. The Bertz CT molecular complexity index is 576. The standard InChI is InChI=1S/C16H21BrN2O2/c1-9(2)13-14(20)18-16(4,5)15(21)19(13)12-7-10(3)6-11(17)8-12/h6-9,13H,1-5H3,(H,18,20). The Kier molecular flexibility index (Phi) is 4.15. The van der Waals surface area contributed by atoms with Gasteiger partial charge in [0.25, 0.3) is 5.91 Å². The molecule has 0 saturated carbocycles. The number of nitrogens with one attached hydrogen (secondary N) is 1. The summed E-state index contributed by atoms with van der Waals surface area (Å²) in [5, 5.41) is 2.82. The molecule has 0 radical (unpaired) electrons. The Balaban J connectivity index is 2.57. The maximum absolute atomic E-state index is 12.8. The molecule has 0 spiro atoms.